The molecule has 0 aliphatic heterocycles. The molecule has 0 spiro atoms. The second kappa shape index (κ2) is 10.5. The molecular formula is C18H25N3O3S2. The van der Waals surface area contributed by atoms with Crippen molar-refractivity contribution in [1.29, 1.82) is 0 Å². The number of aliphatic hydroxyl groups is 1. The number of amides is 1. The highest BCUT2D eigenvalue weighted by Gasteiger charge is 2.12. The maximum atomic E-state index is 11.2. The van der Waals surface area contributed by atoms with Gasteiger partial charge in [0, 0.05) is 19.7 Å². The topological polar surface area (TPSA) is 75.6 Å². The van der Waals surface area contributed by atoms with Crippen molar-refractivity contribution < 1.29 is 14.6 Å². The number of hydrogen-bond donors (Lipinski definition) is 1. The lowest BCUT2D eigenvalue weighted by atomic mass is 10.1. The van der Waals surface area contributed by atoms with Gasteiger partial charge in [0.2, 0.25) is 5.91 Å². The van der Waals surface area contributed by atoms with Crippen molar-refractivity contribution in [2.75, 3.05) is 26.0 Å². The second-order valence-corrected chi connectivity index (χ2v) is 8.50. The Morgan fingerprint density at radius 3 is 2.65 bits per heavy atom. The molecule has 0 saturated carbocycles. The third kappa shape index (κ3) is 6.93. The fraction of sp³-hybridized carbons (Fsp3) is 0.500. The molecule has 1 atom stereocenters. The molecule has 2 aromatic rings. The van der Waals surface area contributed by atoms with Gasteiger partial charge in [-0.2, -0.15) is 0 Å². The van der Waals surface area contributed by atoms with Crippen molar-refractivity contribution in [2.45, 2.75) is 37.1 Å². The number of hydrogen-bond acceptors (Lipinski definition) is 7. The van der Waals surface area contributed by atoms with Crippen LogP contribution in [0, 0.1) is 6.92 Å². The molecule has 6 nitrogen and oxygen atoms in total. The van der Waals surface area contributed by atoms with Crippen LogP contribution in [0.2, 0.25) is 0 Å². The number of aromatic nitrogens is 2. The highest BCUT2D eigenvalue weighted by atomic mass is 32.2. The van der Waals surface area contributed by atoms with Crippen LogP contribution in [0.4, 0.5) is 0 Å². The monoisotopic (exact) mass is 395 g/mol. The highest BCUT2D eigenvalue weighted by molar-refractivity contribution is 8.01. The summed E-state index contributed by atoms with van der Waals surface area (Å²) in [5, 5.41) is 19.2. The molecule has 1 N–H and O–H groups in total. The molecule has 2 rings (SSSR count). The zero-order valence-electron chi connectivity index (χ0n) is 15.3. The number of aliphatic hydroxyl groups excluding tert-OH is 1. The molecule has 1 aromatic carbocycles. The summed E-state index contributed by atoms with van der Waals surface area (Å²) in [5.41, 5.74) is 0.772. The first kappa shape index (κ1) is 20.7. The van der Waals surface area contributed by atoms with Crippen molar-refractivity contribution >= 4 is 29.0 Å². The van der Waals surface area contributed by atoms with Gasteiger partial charge in [0.1, 0.15) is 10.8 Å². The van der Waals surface area contributed by atoms with Gasteiger partial charge in [0.05, 0.1) is 19.3 Å². The molecule has 0 saturated heterocycles. The Bertz CT molecular complexity index is 691. The van der Waals surface area contributed by atoms with Crippen LogP contribution in [0.25, 0.3) is 0 Å². The van der Waals surface area contributed by atoms with Crippen molar-refractivity contribution in [1.82, 2.24) is 15.1 Å². The summed E-state index contributed by atoms with van der Waals surface area (Å²) in [6.07, 6.45) is 1.33. The van der Waals surface area contributed by atoms with E-state index in [4.69, 9.17) is 4.74 Å². The number of unbranched alkanes of at least 4 members (excludes halogenated alkanes) is 1. The Hall–Kier alpha value is -1.64. The predicted molar refractivity (Wildman–Crippen MR) is 105 cm³/mol. The predicted octanol–water partition coefficient (Wildman–Crippen LogP) is 3.31. The van der Waals surface area contributed by atoms with Crippen molar-refractivity contribution in [3.8, 4) is 5.75 Å². The average molecular weight is 396 g/mol. The molecule has 1 aromatic heterocycles. The molecule has 0 unspecified atom stereocenters. The first-order valence-corrected chi connectivity index (χ1v) is 10.3. The van der Waals surface area contributed by atoms with Crippen LogP contribution in [-0.2, 0) is 4.79 Å². The maximum Gasteiger partial charge on any atom is 0.219 e. The molecule has 8 heteroatoms. The Kier molecular flexibility index (Phi) is 8.34. The van der Waals surface area contributed by atoms with Gasteiger partial charge >= 0.3 is 0 Å². The molecule has 0 aliphatic rings. The molecule has 0 bridgehead atoms. The van der Waals surface area contributed by atoms with E-state index in [1.165, 1.54) is 11.8 Å². The molecule has 1 amide bonds. The largest absolute Gasteiger partial charge is 0.494 e. The Morgan fingerprint density at radius 2 is 2.04 bits per heavy atom. The SMILES string of the molecule is CC(=O)N(C)C[C@H](O)c1ccc(OCCCCSc2nnc(C)s2)cc1. The summed E-state index contributed by atoms with van der Waals surface area (Å²) in [6, 6.07) is 7.37. The number of aryl methyl sites for hydroxylation is 1. The Labute approximate surface area is 162 Å². The number of ether oxygens (including phenoxy) is 1. The van der Waals surface area contributed by atoms with E-state index in [0.717, 1.165) is 39.3 Å². The number of thioether (sulfide) groups is 1. The van der Waals surface area contributed by atoms with E-state index in [1.807, 2.05) is 31.2 Å². The fourth-order valence-electron chi connectivity index (χ4n) is 2.17. The standard InChI is InChI=1S/C18H25N3O3S2/c1-13-19-20-18(26-13)25-11-5-4-10-24-16-8-6-15(7-9-16)17(23)12-21(3)14(2)22/h6-9,17,23H,4-5,10-12H2,1-3H3/t17-/m0/s1. The summed E-state index contributed by atoms with van der Waals surface area (Å²) in [5.74, 6) is 1.73. The van der Waals surface area contributed by atoms with E-state index in [2.05, 4.69) is 10.2 Å². The Morgan fingerprint density at radius 1 is 1.31 bits per heavy atom. The molecular weight excluding hydrogens is 370 g/mol. The van der Waals surface area contributed by atoms with Crippen LogP contribution in [-0.4, -0.2) is 52.1 Å². The Balaban J connectivity index is 1.64. The molecule has 1 heterocycles. The third-order valence-corrected chi connectivity index (χ3v) is 5.85. The van der Waals surface area contributed by atoms with Gasteiger partial charge in [0.25, 0.3) is 0 Å². The minimum Gasteiger partial charge on any atom is -0.494 e. The zero-order chi connectivity index (χ0) is 18.9. The lowest BCUT2D eigenvalue weighted by Crippen LogP contribution is -2.28. The van der Waals surface area contributed by atoms with Gasteiger partial charge in [-0.1, -0.05) is 35.2 Å². The van der Waals surface area contributed by atoms with Crippen LogP contribution in [0.5, 0.6) is 5.75 Å². The fourth-order valence-corrected chi connectivity index (χ4v) is 4.06. The average Bonchev–Trinajstić information content (AvgIpc) is 3.03. The van der Waals surface area contributed by atoms with E-state index in [0.29, 0.717) is 6.61 Å². The number of carbonyl (C=O) groups excluding carboxylic acids is 1. The van der Waals surface area contributed by atoms with Gasteiger partial charge in [-0.25, -0.2) is 0 Å². The lowest BCUT2D eigenvalue weighted by molar-refractivity contribution is -0.128. The first-order chi connectivity index (χ1) is 12.5. The minimum atomic E-state index is -0.695. The molecule has 142 valence electrons. The summed E-state index contributed by atoms with van der Waals surface area (Å²) in [6.45, 7) is 4.38. The number of likely N-dealkylation sites (N-methyl/N-ethyl adjacent to an activating group) is 1. The van der Waals surface area contributed by atoms with Gasteiger partial charge in [-0.05, 0) is 37.5 Å². The summed E-state index contributed by atoms with van der Waals surface area (Å²) >= 11 is 3.36. The van der Waals surface area contributed by atoms with Gasteiger partial charge in [0.15, 0.2) is 4.34 Å². The van der Waals surface area contributed by atoms with E-state index < -0.39 is 6.10 Å². The molecule has 26 heavy (non-hydrogen) atoms. The zero-order valence-corrected chi connectivity index (χ0v) is 17.0. The lowest BCUT2D eigenvalue weighted by Gasteiger charge is -2.19. The van der Waals surface area contributed by atoms with Crippen LogP contribution >= 0.6 is 23.1 Å². The van der Waals surface area contributed by atoms with Crippen LogP contribution in [0.15, 0.2) is 28.6 Å². The smallest absolute Gasteiger partial charge is 0.219 e. The number of nitrogens with zero attached hydrogens (tertiary/aromatic N) is 3. The first-order valence-electron chi connectivity index (χ1n) is 8.51. The quantitative estimate of drug-likeness (QED) is 0.491. The van der Waals surface area contributed by atoms with Crippen LogP contribution < -0.4 is 4.74 Å². The van der Waals surface area contributed by atoms with Crippen LogP contribution in [0.1, 0.15) is 36.4 Å². The van der Waals surface area contributed by atoms with E-state index >= 15 is 0 Å². The second-order valence-electron chi connectivity index (χ2n) is 5.98. The summed E-state index contributed by atoms with van der Waals surface area (Å²) in [7, 11) is 1.67. The molecule has 0 aliphatic carbocycles. The van der Waals surface area contributed by atoms with Gasteiger partial charge in [-0.15, -0.1) is 10.2 Å². The normalized spacial score (nSPS) is 12.0. The highest BCUT2D eigenvalue weighted by Crippen LogP contribution is 2.23. The van der Waals surface area contributed by atoms with Crippen LogP contribution in [0.3, 0.4) is 0 Å². The van der Waals surface area contributed by atoms with E-state index in [9.17, 15) is 9.90 Å². The van der Waals surface area contributed by atoms with E-state index in [-0.39, 0.29) is 12.5 Å². The summed E-state index contributed by atoms with van der Waals surface area (Å²) in [4.78, 5) is 12.7. The molecule has 0 fully saturated rings. The van der Waals surface area contributed by atoms with Crippen molar-refractivity contribution in [3.63, 3.8) is 0 Å². The third-order valence-electron chi connectivity index (χ3n) is 3.79. The van der Waals surface area contributed by atoms with Crippen molar-refractivity contribution in [2.24, 2.45) is 0 Å². The van der Waals surface area contributed by atoms with Gasteiger partial charge < -0.3 is 14.7 Å². The summed E-state index contributed by atoms with van der Waals surface area (Å²) < 4.78 is 6.76. The van der Waals surface area contributed by atoms with Crippen molar-refractivity contribution in [3.05, 3.63) is 34.8 Å². The molecule has 0 radical (unpaired) electrons. The van der Waals surface area contributed by atoms with Gasteiger partial charge in [-0.3, -0.25) is 4.79 Å². The number of carbonyl (C=O) groups is 1. The maximum absolute atomic E-state index is 11.2. The number of benzene rings is 1. The van der Waals surface area contributed by atoms with E-state index in [1.54, 1.807) is 30.1 Å². The minimum absolute atomic E-state index is 0.0663. The number of rotatable bonds is 10.